The zero-order valence-electron chi connectivity index (χ0n) is 43.4. The lowest BCUT2D eigenvalue weighted by Crippen LogP contribution is -2.45. The van der Waals surface area contributed by atoms with Crippen LogP contribution < -0.4 is 14.5 Å². The third-order valence-corrected chi connectivity index (χ3v) is 19.2. The van der Waals surface area contributed by atoms with Gasteiger partial charge in [-0.2, -0.15) is 5.10 Å². The second-order valence-electron chi connectivity index (χ2n) is 23.1. The number of piperidine rings is 2. The van der Waals surface area contributed by atoms with Crippen molar-refractivity contribution in [2.45, 2.75) is 170 Å². The first-order valence-electron chi connectivity index (χ1n) is 27.9. The summed E-state index contributed by atoms with van der Waals surface area (Å²) < 4.78 is 85.1. The van der Waals surface area contributed by atoms with E-state index < -0.39 is 24.1 Å². The van der Waals surface area contributed by atoms with Gasteiger partial charge in [-0.15, -0.1) is 13.2 Å². The summed E-state index contributed by atoms with van der Waals surface area (Å²) in [5.74, 6) is 1.61. The molecule has 8 fully saturated rings. The number of aryl methyl sites for hydroxylation is 1. The smallest absolute Gasteiger partial charge is 0.478 e. The molecule has 0 spiro atoms. The van der Waals surface area contributed by atoms with Crippen molar-refractivity contribution < 1.29 is 60.6 Å². The quantitative estimate of drug-likeness (QED) is 0.0921. The van der Waals surface area contributed by atoms with Crippen molar-refractivity contribution in [1.29, 1.82) is 0 Å². The van der Waals surface area contributed by atoms with Crippen molar-refractivity contribution in [2.75, 3.05) is 9.80 Å². The lowest BCUT2D eigenvalue weighted by molar-refractivity contribution is -0.274. The van der Waals surface area contributed by atoms with Crippen molar-refractivity contribution in [3.05, 3.63) is 100 Å². The molecule has 414 valence electrons. The number of halogens is 4. The van der Waals surface area contributed by atoms with E-state index >= 15 is 0 Å². The first-order chi connectivity index (χ1) is 38.2. The minimum absolute atomic E-state index is 0.0331. The maximum Gasteiger partial charge on any atom is 0.573 e. The van der Waals surface area contributed by atoms with Gasteiger partial charge in [-0.05, 0) is 144 Å². The van der Waals surface area contributed by atoms with E-state index in [-0.39, 0.29) is 64.9 Å². The Morgan fingerprint density at radius 1 is 0.747 bits per heavy atom. The zero-order chi connectivity index (χ0) is 54.0. The monoisotopic (exact) mass is 1110 g/mol. The number of fused-ring (bicyclic) bond motifs is 7. The average molecular weight is 1110 g/mol. The number of anilines is 2. The molecule has 4 bridgehead atoms. The molecule has 2 N–H and O–H groups in total. The van der Waals surface area contributed by atoms with Crippen LogP contribution in [-0.4, -0.2) is 90.0 Å². The molecule has 8 heterocycles. The summed E-state index contributed by atoms with van der Waals surface area (Å²) in [7, 11) is 1.75. The van der Waals surface area contributed by atoms with E-state index in [9.17, 15) is 37.4 Å². The molecular formula is C58H59F4N7O9S. The van der Waals surface area contributed by atoms with Gasteiger partial charge in [-0.3, -0.25) is 4.68 Å². The third-order valence-electron chi connectivity index (χ3n) is 18.2. The summed E-state index contributed by atoms with van der Waals surface area (Å²) in [4.78, 5) is 32.3. The van der Waals surface area contributed by atoms with Gasteiger partial charge >= 0.3 is 18.3 Å². The second-order valence-corrected chi connectivity index (χ2v) is 24.1. The predicted molar refractivity (Wildman–Crippen MR) is 281 cm³/mol. The SMILES string of the molecule is Cn1nc(C(=O)O)c2ccc(N3[C@@H]4CC[C@H]3CC(OCc3c(-c5ccccc5OC(F)(F)F)noc3C3CC3)C4)cc21.O=C(O)c1cc(F)c2nc(N3C4CCC3CC(OCc3c(C5C6CCCC65)noc3C3CC3)C4)sc2c1. The lowest BCUT2D eigenvalue weighted by atomic mass is 9.98. The van der Waals surface area contributed by atoms with E-state index in [1.54, 1.807) is 23.9 Å². The fourth-order valence-electron chi connectivity index (χ4n) is 14.3. The highest BCUT2D eigenvalue weighted by Crippen LogP contribution is 2.64. The topological polar surface area (TPSA) is 192 Å². The molecule has 4 aromatic heterocycles. The molecule has 7 atom stereocenters. The fourth-order valence-corrected chi connectivity index (χ4v) is 15.5. The van der Waals surface area contributed by atoms with E-state index in [4.69, 9.17) is 18.5 Å². The van der Waals surface area contributed by atoms with Crippen LogP contribution in [0.1, 0.15) is 163 Å². The van der Waals surface area contributed by atoms with Gasteiger partial charge in [-0.25, -0.2) is 19.0 Å². The number of carboxylic acids is 2. The number of aromatic nitrogens is 5. The molecule has 4 saturated heterocycles. The number of ether oxygens (including phenoxy) is 3. The number of hydrogen-bond acceptors (Lipinski definition) is 14. The minimum atomic E-state index is -4.83. The summed E-state index contributed by atoms with van der Waals surface area (Å²) in [6.07, 6.45) is 11.2. The summed E-state index contributed by atoms with van der Waals surface area (Å²) in [6.45, 7) is 0.781. The molecule has 0 radical (unpaired) electrons. The number of rotatable bonds is 15. The molecule has 0 amide bonds. The molecular weight excluding hydrogens is 1050 g/mol. The standard InChI is InChI=1S/C30H29F3N4O5.C28H30FN3O4S/c1-36-24-14-19(10-11-21(24)27(34-36)29(38)39)37-17-8-9-18(37)13-20(12-17)40-15-23-26(35-42-28(23)16-6-7-16)22-4-2-3-5-25(22)41-30(31,32)33;29-21-8-14(27(33)34)9-22-25(21)30-28(37-22)32-15-6-7-16(32)11-17(10-15)35-12-20-24(23-18-2-1-3-19(18)23)31-36-26(20)13-4-5-13/h2-5,10-11,14,16-18,20H,6-9,12-13,15H2,1H3,(H,38,39);8-9,13,15-19,23H,1-7,10-12H2,(H,33,34)/t17-,18+,20?;. The average Bonchev–Trinajstić information content (AvgIpc) is 4.46. The van der Waals surface area contributed by atoms with Crippen LogP contribution in [0.25, 0.3) is 32.4 Å². The van der Waals surface area contributed by atoms with Crippen LogP contribution >= 0.6 is 11.3 Å². The van der Waals surface area contributed by atoms with Crippen molar-refractivity contribution in [3.8, 4) is 17.0 Å². The molecule has 4 aliphatic heterocycles. The molecule has 79 heavy (non-hydrogen) atoms. The molecule has 16 nitrogen and oxygen atoms in total. The van der Waals surface area contributed by atoms with E-state index in [0.717, 1.165) is 104 Å². The Bertz CT molecular complexity index is 3480. The predicted octanol–water partition coefficient (Wildman–Crippen LogP) is 12.6. The van der Waals surface area contributed by atoms with E-state index in [0.29, 0.717) is 57.6 Å². The number of nitrogens with zero attached hydrogens (tertiary/aromatic N) is 7. The summed E-state index contributed by atoms with van der Waals surface area (Å²) in [5, 5.41) is 33.1. The summed E-state index contributed by atoms with van der Waals surface area (Å²) >= 11 is 1.39. The first kappa shape index (κ1) is 50.6. The third kappa shape index (κ3) is 9.49. The highest BCUT2D eigenvalue weighted by atomic mass is 32.1. The van der Waals surface area contributed by atoms with Gasteiger partial charge in [0.1, 0.15) is 28.5 Å². The van der Waals surface area contributed by atoms with Gasteiger partial charge in [0.25, 0.3) is 0 Å². The van der Waals surface area contributed by atoms with Crippen LogP contribution in [0.5, 0.6) is 5.75 Å². The molecule has 4 aliphatic carbocycles. The highest BCUT2D eigenvalue weighted by molar-refractivity contribution is 7.22. The Morgan fingerprint density at radius 2 is 1.37 bits per heavy atom. The fraction of sp³-hybridized carbons (Fsp3) is 0.517. The van der Waals surface area contributed by atoms with Crippen molar-refractivity contribution in [3.63, 3.8) is 0 Å². The Hall–Kier alpha value is -6.58. The van der Waals surface area contributed by atoms with Crippen molar-refractivity contribution >= 4 is 55.2 Å². The number of carbonyl (C=O) groups is 2. The summed E-state index contributed by atoms with van der Waals surface area (Å²) in [5.41, 5.74) is 5.72. The molecule has 3 aromatic carbocycles. The summed E-state index contributed by atoms with van der Waals surface area (Å²) in [6, 6.07) is 15.5. The largest absolute Gasteiger partial charge is 0.573 e. The van der Waals surface area contributed by atoms with Crippen LogP contribution in [0.3, 0.4) is 0 Å². The Labute approximate surface area is 454 Å². The number of hydrogen-bond donors (Lipinski definition) is 2. The Kier molecular flexibility index (Phi) is 12.6. The minimum Gasteiger partial charge on any atom is -0.478 e. The molecule has 7 aromatic rings. The first-order valence-corrected chi connectivity index (χ1v) is 28.7. The number of thiazole rings is 1. The van der Waals surface area contributed by atoms with Gasteiger partial charge in [0.2, 0.25) is 0 Å². The number of aromatic carboxylic acids is 2. The van der Waals surface area contributed by atoms with Crippen LogP contribution in [0.4, 0.5) is 28.4 Å². The van der Waals surface area contributed by atoms with Gasteiger partial charge in [0.15, 0.2) is 16.6 Å². The highest BCUT2D eigenvalue weighted by Gasteiger charge is 2.56. The van der Waals surface area contributed by atoms with Gasteiger partial charge in [-0.1, -0.05) is 40.2 Å². The maximum atomic E-state index is 14.6. The molecule has 15 rings (SSSR count). The van der Waals surface area contributed by atoms with Gasteiger partial charge in [0.05, 0.1) is 46.9 Å². The number of alkyl halides is 3. The van der Waals surface area contributed by atoms with Crippen LogP contribution in [0.2, 0.25) is 0 Å². The molecule has 8 aliphatic rings. The van der Waals surface area contributed by atoms with Crippen molar-refractivity contribution in [2.24, 2.45) is 18.9 Å². The molecule has 4 saturated carbocycles. The lowest BCUT2D eigenvalue weighted by Gasteiger charge is -2.40. The molecule has 21 heteroatoms. The number of benzene rings is 3. The maximum absolute atomic E-state index is 14.6. The number of para-hydroxylation sites is 1. The Morgan fingerprint density at radius 3 is 2.00 bits per heavy atom. The van der Waals surface area contributed by atoms with Crippen LogP contribution in [0.15, 0.2) is 63.6 Å². The van der Waals surface area contributed by atoms with Crippen LogP contribution in [0, 0.1) is 17.7 Å². The zero-order valence-corrected chi connectivity index (χ0v) is 44.2. The van der Waals surface area contributed by atoms with Gasteiger partial charge < -0.3 is 43.3 Å². The molecule has 5 unspecified atom stereocenters. The second kappa shape index (κ2) is 19.6. The Balaban J connectivity index is 0.000000144. The van der Waals surface area contributed by atoms with Crippen LogP contribution in [-0.2, 0) is 29.7 Å². The normalized spacial score (nSPS) is 26.9. The van der Waals surface area contributed by atoms with E-state index in [2.05, 4.69) is 34.9 Å². The van der Waals surface area contributed by atoms with Gasteiger partial charge in [0, 0.05) is 76.7 Å². The van der Waals surface area contributed by atoms with Crippen molar-refractivity contribution in [1.82, 2.24) is 25.1 Å². The van der Waals surface area contributed by atoms with E-state index in [1.807, 2.05) is 18.2 Å². The van der Waals surface area contributed by atoms with E-state index in [1.165, 1.54) is 72.9 Å². The number of carboxylic acid groups (broad SMARTS) is 2.